The third kappa shape index (κ3) is 4.09. The van der Waals surface area contributed by atoms with Gasteiger partial charge in [-0.15, -0.1) is 0 Å². The highest BCUT2D eigenvalue weighted by atomic mass is 35.5. The fraction of sp³-hybridized carbons (Fsp3) is 0.429. The number of amides is 2. The van der Waals surface area contributed by atoms with Crippen LogP contribution in [0.15, 0.2) is 18.2 Å². The molecule has 0 unspecified atom stereocenters. The van der Waals surface area contributed by atoms with Gasteiger partial charge in [0, 0.05) is 23.1 Å². The largest absolute Gasteiger partial charge is 0.381 e. The van der Waals surface area contributed by atoms with Crippen LogP contribution in [-0.4, -0.2) is 31.1 Å². The monoisotopic (exact) mass is 330 g/mol. The minimum atomic E-state index is -0.851. The van der Waals surface area contributed by atoms with Crippen LogP contribution in [0.25, 0.3) is 0 Å². The molecule has 0 bridgehead atoms. The molecule has 1 aromatic carbocycles. The van der Waals surface area contributed by atoms with E-state index in [0.29, 0.717) is 35.2 Å². The third-order valence-corrected chi connectivity index (χ3v) is 4.14. The Labute approximate surface area is 132 Å². The third-order valence-electron chi connectivity index (χ3n) is 3.43. The molecular formula is C14H16Cl2N2O3. The van der Waals surface area contributed by atoms with Crippen LogP contribution in [0.1, 0.15) is 12.0 Å². The molecule has 1 aromatic rings. The Kier molecular flexibility index (Phi) is 5.45. The SMILES string of the molecule is NC(=O)[C@H](Cc1c(Cl)cccc1Cl)NC(=O)[C@@H]1CCOC1. The summed E-state index contributed by atoms with van der Waals surface area (Å²) in [4.78, 5) is 23.6. The highest BCUT2D eigenvalue weighted by Gasteiger charge is 2.28. The maximum absolute atomic E-state index is 12.1. The number of carbonyl (C=O) groups excluding carboxylic acids is 2. The fourth-order valence-electron chi connectivity index (χ4n) is 2.19. The van der Waals surface area contributed by atoms with Crippen LogP contribution >= 0.6 is 23.2 Å². The summed E-state index contributed by atoms with van der Waals surface area (Å²) in [7, 11) is 0. The van der Waals surface area contributed by atoms with Gasteiger partial charge in [0.1, 0.15) is 6.04 Å². The van der Waals surface area contributed by atoms with E-state index in [1.165, 1.54) is 0 Å². The highest BCUT2D eigenvalue weighted by Crippen LogP contribution is 2.25. The van der Waals surface area contributed by atoms with Gasteiger partial charge in [-0.05, 0) is 24.1 Å². The maximum atomic E-state index is 12.1. The Hall–Kier alpha value is -1.30. The van der Waals surface area contributed by atoms with Gasteiger partial charge in [-0.25, -0.2) is 0 Å². The summed E-state index contributed by atoms with van der Waals surface area (Å²) in [6.07, 6.45) is 0.803. The molecule has 2 amide bonds. The van der Waals surface area contributed by atoms with E-state index < -0.39 is 11.9 Å². The van der Waals surface area contributed by atoms with Crippen LogP contribution in [-0.2, 0) is 20.7 Å². The minimum Gasteiger partial charge on any atom is -0.381 e. The minimum absolute atomic E-state index is 0.160. The van der Waals surface area contributed by atoms with Crippen molar-refractivity contribution in [3.8, 4) is 0 Å². The second-order valence-electron chi connectivity index (χ2n) is 4.93. The second-order valence-corrected chi connectivity index (χ2v) is 5.74. The summed E-state index contributed by atoms with van der Waals surface area (Å²) in [5.74, 6) is -1.11. The summed E-state index contributed by atoms with van der Waals surface area (Å²) in [5, 5.41) is 3.53. The molecular weight excluding hydrogens is 315 g/mol. The molecule has 0 spiro atoms. The van der Waals surface area contributed by atoms with Gasteiger partial charge in [0.2, 0.25) is 11.8 Å². The normalized spacial score (nSPS) is 19.2. The molecule has 5 nitrogen and oxygen atoms in total. The molecule has 1 fully saturated rings. The zero-order chi connectivity index (χ0) is 15.4. The molecule has 0 aliphatic carbocycles. The molecule has 3 N–H and O–H groups in total. The van der Waals surface area contributed by atoms with Crippen LogP contribution in [0.2, 0.25) is 10.0 Å². The average molecular weight is 331 g/mol. The van der Waals surface area contributed by atoms with Gasteiger partial charge >= 0.3 is 0 Å². The van der Waals surface area contributed by atoms with Crippen molar-refractivity contribution in [2.75, 3.05) is 13.2 Å². The van der Waals surface area contributed by atoms with Gasteiger partial charge in [-0.1, -0.05) is 29.3 Å². The Morgan fingerprint density at radius 3 is 2.57 bits per heavy atom. The quantitative estimate of drug-likeness (QED) is 0.859. The molecule has 21 heavy (non-hydrogen) atoms. The van der Waals surface area contributed by atoms with Crippen molar-refractivity contribution in [3.63, 3.8) is 0 Å². The predicted molar refractivity (Wildman–Crippen MR) is 80.2 cm³/mol. The number of halogens is 2. The lowest BCUT2D eigenvalue weighted by molar-refractivity contribution is -0.129. The first-order valence-electron chi connectivity index (χ1n) is 6.59. The Balaban J connectivity index is 2.09. The molecule has 1 aliphatic rings. The van der Waals surface area contributed by atoms with E-state index in [4.69, 9.17) is 33.7 Å². The van der Waals surface area contributed by atoms with Gasteiger partial charge in [0.25, 0.3) is 0 Å². The predicted octanol–water partition coefficient (Wildman–Crippen LogP) is 1.54. The smallest absolute Gasteiger partial charge is 0.240 e. The van der Waals surface area contributed by atoms with E-state index in [9.17, 15) is 9.59 Å². The standard InChI is InChI=1S/C14H16Cl2N2O3/c15-10-2-1-3-11(16)9(10)6-12(13(17)19)18-14(20)8-4-5-21-7-8/h1-3,8,12H,4-7H2,(H2,17,19)(H,18,20)/t8-,12+/m1/s1. The number of nitrogens with one attached hydrogen (secondary N) is 1. The molecule has 0 aromatic heterocycles. The summed E-state index contributed by atoms with van der Waals surface area (Å²) in [6, 6.07) is 4.21. The first kappa shape index (κ1) is 16.1. The van der Waals surface area contributed by atoms with Crippen molar-refractivity contribution in [2.24, 2.45) is 11.7 Å². The lowest BCUT2D eigenvalue weighted by Crippen LogP contribution is -2.48. The lowest BCUT2D eigenvalue weighted by atomic mass is 10.0. The van der Waals surface area contributed by atoms with Crippen molar-refractivity contribution >= 4 is 35.0 Å². The Bertz CT molecular complexity index is 525. The zero-order valence-corrected chi connectivity index (χ0v) is 12.8. The molecule has 0 saturated carbocycles. The zero-order valence-electron chi connectivity index (χ0n) is 11.3. The van der Waals surface area contributed by atoms with Crippen molar-refractivity contribution in [1.82, 2.24) is 5.32 Å². The first-order chi connectivity index (χ1) is 9.99. The van der Waals surface area contributed by atoms with Gasteiger partial charge < -0.3 is 15.8 Å². The number of benzene rings is 1. The molecule has 1 heterocycles. The van der Waals surface area contributed by atoms with Crippen molar-refractivity contribution in [2.45, 2.75) is 18.9 Å². The van der Waals surface area contributed by atoms with E-state index in [-0.39, 0.29) is 18.2 Å². The fourth-order valence-corrected chi connectivity index (χ4v) is 2.74. The van der Waals surface area contributed by atoms with Gasteiger partial charge in [-0.2, -0.15) is 0 Å². The molecule has 0 radical (unpaired) electrons. The number of rotatable bonds is 5. The Morgan fingerprint density at radius 1 is 1.38 bits per heavy atom. The highest BCUT2D eigenvalue weighted by molar-refractivity contribution is 6.36. The average Bonchev–Trinajstić information content (AvgIpc) is 2.95. The molecule has 114 valence electrons. The van der Waals surface area contributed by atoms with E-state index in [1.54, 1.807) is 18.2 Å². The number of carbonyl (C=O) groups is 2. The lowest BCUT2D eigenvalue weighted by Gasteiger charge is -2.19. The second kappa shape index (κ2) is 7.11. The van der Waals surface area contributed by atoms with E-state index in [1.807, 2.05) is 0 Å². The topological polar surface area (TPSA) is 81.4 Å². The van der Waals surface area contributed by atoms with Crippen LogP contribution < -0.4 is 11.1 Å². The van der Waals surface area contributed by atoms with Crippen molar-refractivity contribution in [3.05, 3.63) is 33.8 Å². The molecule has 2 atom stereocenters. The number of hydrogen-bond donors (Lipinski definition) is 2. The summed E-state index contributed by atoms with van der Waals surface area (Å²) in [5.41, 5.74) is 5.95. The summed E-state index contributed by atoms with van der Waals surface area (Å²) < 4.78 is 5.16. The summed E-state index contributed by atoms with van der Waals surface area (Å²) in [6.45, 7) is 0.916. The van der Waals surface area contributed by atoms with Crippen LogP contribution in [0, 0.1) is 5.92 Å². The first-order valence-corrected chi connectivity index (χ1v) is 7.35. The van der Waals surface area contributed by atoms with Gasteiger partial charge in [0.05, 0.1) is 12.5 Å². The van der Waals surface area contributed by atoms with Crippen molar-refractivity contribution < 1.29 is 14.3 Å². The van der Waals surface area contributed by atoms with Gasteiger partial charge in [0.15, 0.2) is 0 Å². The van der Waals surface area contributed by atoms with Crippen LogP contribution in [0.5, 0.6) is 0 Å². The number of hydrogen-bond acceptors (Lipinski definition) is 3. The number of nitrogens with two attached hydrogens (primary N) is 1. The molecule has 2 rings (SSSR count). The van der Waals surface area contributed by atoms with E-state index in [2.05, 4.69) is 5.32 Å². The summed E-state index contributed by atoms with van der Waals surface area (Å²) >= 11 is 12.1. The van der Waals surface area contributed by atoms with Crippen LogP contribution in [0.4, 0.5) is 0 Å². The van der Waals surface area contributed by atoms with E-state index in [0.717, 1.165) is 0 Å². The van der Waals surface area contributed by atoms with E-state index >= 15 is 0 Å². The molecule has 7 heteroatoms. The molecule has 1 aliphatic heterocycles. The van der Waals surface area contributed by atoms with Gasteiger partial charge in [-0.3, -0.25) is 9.59 Å². The van der Waals surface area contributed by atoms with Crippen LogP contribution in [0.3, 0.4) is 0 Å². The number of ether oxygens (including phenoxy) is 1. The molecule has 1 saturated heterocycles. The van der Waals surface area contributed by atoms with Crippen molar-refractivity contribution in [1.29, 1.82) is 0 Å². The maximum Gasteiger partial charge on any atom is 0.240 e. The number of primary amides is 1. The Morgan fingerprint density at radius 2 is 2.05 bits per heavy atom.